The van der Waals surface area contributed by atoms with Gasteiger partial charge in [-0.15, -0.1) is 0 Å². The minimum Gasteiger partial charge on any atom is -0.396 e. The lowest BCUT2D eigenvalue weighted by atomic mass is 10.1. The summed E-state index contributed by atoms with van der Waals surface area (Å²) in [6.45, 7) is -0.125. The van der Waals surface area contributed by atoms with Crippen molar-refractivity contribution >= 4 is 5.82 Å². The lowest BCUT2D eigenvalue weighted by Gasteiger charge is -2.18. The molecule has 4 atom stereocenters. The van der Waals surface area contributed by atoms with Gasteiger partial charge >= 0.3 is 0 Å². The van der Waals surface area contributed by atoms with Crippen molar-refractivity contribution in [1.29, 1.82) is 0 Å². The van der Waals surface area contributed by atoms with Crippen LogP contribution < -0.4 is 5.32 Å². The fourth-order valence-corrected chi connectivity index (χ4v) is 2.01. The Hall–Kier alpha value is -1.24. The normalized spacial score (nSPS) is 31.9. The molecule has 0 aliphatic heterocycles. The van der Waals surface area contributed by atoms with E-state index in [0.717, 1.165) is 0 Å². The predicted molar refractivity (Wildman–Crippen MR) is 63.4 cm³/mol. The van der Waals surface area contributed by atoms with Crippen molar-refractivity contribution in [3.05, 3.63) is 18.6 Å². The molecule has 2 rings (SSSR count). The molecule has 0 aromatic carbocycles. The van der Waals surface area contributed by atoms with Crippen LogP contribution in [0.1, 0.15) is 13.8 Å². The zero-order valence-electron chi connectivity index (χ0n) is 8.69. The van der Waals surface area contributed by atoms with Crippen molar-refractivity contribution in [3.63, 3.8) is 0 Å². The molecule has 96 valence electrons. The van der Waals surface area contributed by atoms with E-state index < -0.39 is 12.2 Å². The zero-order chi connectivity index (χ0) is 11.5. The summed E-state index contributed by atoms with van der Waals surface area (Å²) in [7, 11) is 0. The molecule has 0 saturated heterocycles. The molecule has 2 unspecified atom stereocenters. The van der Waals surface area contributed by atoms with Crippen LogP contribution in [0.2, 0.25) is 0 Å². The summed E-state index contributed by atoms with van der Waals surface area (Å²) in [5.41, 5.74) is 0. The first-order valence-corrected chi connectivity index (χ1v) is 5.22. The third kappa shape index (κ3) is 2.91. The zero-order valence-corrected chi connectivity index (χ0v) is 8.69. The molecule has 0 bridgehead atoms. The quantitative estimate of drug-likeness (QED) is 0.576. The SMILES string of the molecule is C.OCC1CC(Nc2ccncn2)[C@H](O)[C@@H]1O. The van der Waals surface area contributed by atoms with Gasteiger partial charge in [-0.3, -0.25) is 0 Å². The molecule has 1 aliphatic carbocycles. The van der Waals surface area contributed by atoms with E-state index in [2.05, 4.69) is 15.3 Å². The van der Waals surface area contributed by atoms with E-state index in [1.54, 1.807) is 12.3 Å². The maximum atomic E-state index is 9.75. The van der Waals surface area contributed by atoms with Crippen LogP contribution >= 0.6 is 0 Å². The summed E-state index contributed by atoms with van der Waals surface area (Å²) in [5.74, 6) is 0.319. The highest BCUT2D eigenvalue weighted by Gasteiger charge is 2.41. The number of aliphatic hydroxyl groups is 3. The van der Waals surface area contributed by atoms with Gasteiger partial charge in [0.1, 0.15) is 18.2 Å². The Morgan fingerprint density at radius 3 is 2.65 bits per heavy atom. The number of hydrogen-bond donors (Lipinski definition) is 4. The molecule has 1 fully saturated rings. The van der Waals surface area contributed by atoms with Crippen LogP contribution in [-0.2, 0) is 0 Å². The van der Waals surface area contributed by atoms with Gasteiger partial charge in [0.15, 0.2) is 0 Å². The number of hydrogen-bond acceptors (Lipinski definition) is 6. The molecule has 1 aliphatic rings. The first-order valence-electron chi connectivity index (χ1n) is 5.22. The highest BCUT2D eigenvalue weighted by molar-refractivity contribution is 5.34. The molecular weight excluding hydrogens is 222 g/mol. The lowest BCUT2D eigenvalue weighted by molar-refractivity contribution is 0.00445. The topological polar surface area (TPSA) is 98.5 Å². The number of aromatic nitrogens is 2. The second kappa shape index (κ2) is 5.90. The largest absolute Gasteiger partial charge is 0.396 e. The van der Waals surface area contributed by atoms with Crippen molar-refractivity contribution in [2.24, 2.45) is 5.92 Å². The van der Waals surface area contributed by atoms with E-state index >= 15 is 0 Å². The van der Waals surface area contributed by atoms with Gasteiger partial charge in [0.05, 0.1) is 12.1 Å². The molecule has 1 aromatic heterocycles. The molecule has 1 saturated carbocycles. The first-order chi connectivity index (χ1) is 7.72. The molecule has 17 heavy (non-hydrogen) atoms. The minimum absolute atomic E-state index is 0. The Kier molecular flexibility index (Phi) is 4.80. The predicted octanol–water partition coefficient (Wildman–Crippen LogP) is -0.373. The Morgan fingerprint density at radius 2 is 2.12 bits per heavy atom. The van der Waals surface area contributed by atoms with E-state index in [0.29, 0.717) is 12.2 Å². The molecule has 1 heterocycles. The standard InChI is InChI=1S/C10H15N3O3.CH4/c14-4-6-3-7(10(16)9(6)15)13-8-1-2-11-5-12-8;/h1-2,5-7,9-10,14-16H,3-4H2,(H,11,12,13);1H4/t6?,7?,9-,10+;/m1./s1. The number of nitrogens with zero attached hydrogens (tertiary/aromatic N) is 2. The third-order valence-corrected chi connectivity index (χ3v) is 2.95. The van der Waals surface area contributed by atoms with E-state index in [1.165, 1.54) is 6.33 Å². The average Bonchev–Trinajstić information content (AvgIpc) is 2.58. The summed E-state index contributed by atoms with van der Waals surface area (Å²) in [6.07, 6.45) is 1.75. The molecule has 6 heteroatoms. The Labute approximate surface area is 100 Å². The number of nitrogens with one attached hydrogen (secondary N) is 1. The monoisotopic (exact) mass is 241 g/mol. The van der Waals surface area contributed by atoms with E-state index in [4.69, 9.17) is 5.11 Å². The van der Waals surface area contributed by atoms with Crippen molar-refractivity contribution in [1.82, 2.24) is 9.97 Å². The summed E-state index contributed by atoms with van der Waals surface area (Å²) in [6, 6.07) is 1.40. The van der Waals surface area contributed by atoms with Gasteiger partial charge in [0.2, 0.25) is 0 Å². The summed E-state index contributed by atoms with van der Waals surface area (Å²) < 4.78 is 0. The highest BCUT2D eigenvalue weighted by Crippen LogP contribution is 2.28. The molecular formula is C11H19N3O3. The maximum absolute atomic E-state index is 9.75. The van der Waals surface area contributed by atoms with Gasteiger partial charge in [0, 0.05) is 18.7 Å². The second-order valence-corrected chi connectivity index (χ2v) is 4.00. The number of anilines is 1. The van der Waals surface area contributed by atoms with E-state index in [9.17, 15) is 10.2 Å². The smallest absolute Gasteiger partial charge is 0.129 e. The van der Waals surface area contributed by atoms with Crippen LogP contribution in [0, 0.1) is 5.92 Å². The van der Waals surface area contributed by atoms with Crippen LogP contribution in [0.25, 0.3) is 0 Å². The fraction of sp³-hybridized carbons (Fsp3) is 0.636. The molecule has 0 spiro atoms. The Bertz CT molecular complexity index is 336. The Morgan fingerprint density at radius 1 is 1.35 bits per heavy atom. The van der Waals surface area contributed by atoms with Crippen LogP contribution in [-0.4, -0.2) is 50.1 Å². The van der Waals surface area contributed by atoms with Gasteiger partial charge in [0.25, 0.3) is 0 Å². The molecule has 0 radical (unpaired) electrons. The third-order valence-electron chi connectivity index (χ3n) is 2.95. The Balaban J connectivity index is 0.00000144. The van der Waals surface area contributed by atoms with Crippen LogP contribution in [0.4, 0.5) is 5.82 Å². The molecule has 6 nitrogen and oxygen atoms in total. The van der Waals surface area contributed by atoms with Crippen LogP contribution in [0.15, 0.2) is 18.6 Å². The van der Waals surface area contributed by atoms with E-state index in [-0.39, 0.29) is 26.0 Å². The summed E-state index contributed by atoms with van der Waals surface area (Å²) in [4.78, 5) is 7.76. The average molecular weight is 241 g/mol. The molecule has 4 N–H and O–H groups in total. The number of rotatable bonds is 3. The van der Waals surface area contributed by atoms with Crippen LogP contribution in [0.5, 0.6) is 0 Å². The lowest BCUT2D eigenvalue weighted by Crippen LogP contribution is -2.35. The van der Waals surface area contributed by atoms with Crippen molar-refractivity contribution in [2.45, 2.75) is 32.1 Å². The van der Waals surface area contributed by atoms with Gasteiger partial charge in [-0.05, 0) is 12.5 Å². The van der Waals surface area contributed by atoms with Gasteiger partial charge in [-0.2, -0.15) is 0 Å². The fourth-order valence-electron chi connectivity index (χ4n) is 2.01. The van der Waals surface area contributed by atoms with Gasteiger partial charge < -0.3 is 20.6 Å². The summed E-state index contributed by atoms with van der Waals surface area (Å²) in [5, 5.41) is 31.4. The van der Waals surface area contributed by atoms with Gasteiger partial charge in [-0.25, -0.2) is 9.97 Å². The van der Waals surface area contributed by atoms with E-state index in [1.807, 2.05) is 0 Å². The second-order valence-electron chi connectivity index (χ2n) is 4.00. The molecule has 1 aromatic rings. The summed E-state index contributed by atoms with van der Waals surface area (Å²) >= 11 is 0. The van der Waals surface area contributed by atoms with Crippen molar-refractivity contribution in [3.8, 4) is 0 Å². The molecule has 0 amide bonds. The highest BCUT2D eigenvalue weighted by atomic mass is 16.3. The van der Waals surface area contributed by atoms with Crippen LogP contribution in [0.3, 0.4) is 0 Å². The van der Waals surface area contributed by atoms with Crippen molar-refractivity contribution < 1.29 is 15.3 Å². The van der Waals surface area contributed by atoms with Gasteiger partial charge in [-0.1, -0.05) is 7.43 Å². The minimum atomic E-state index is -0.885. The maximum Gasteiger partial charge on any atom is 0.129 e. The first kappa shape index (κ1) is 13.8. The number of aliphatic hydroxyl groups excluding tert-OH is 3. The van der Waals surface area contributed by atoms with Crippen molar-refractivity contribution in [2.75, 3.05) is 11.9 Å².